The molecule has 2 aromatic rings. The summed E-state index contributed by atoms with van der Waals surface area (Å²) in [6, 6.07) is 2.19. The molecule has 138 valence electrons. The van der Waals surface area contributed by atoms with E-state index in [1.807, 2.05) is 0 Å². The first kappa shape index (κ1) is 17.5. The molecule has 1 aliphatic heterocycles. The number of anilines is 1. The van der Waals surface area contributed by atoms with Crippen LogP contribution in [0.2, 0.25) is 5.02 Å². The molecule has 1 saturated carbocycles. The number of nitrogens with zero attached hydrogens (tertiary/aromatic N) is 4. The van der Waals surface area contributed by atoms with Gasteiger partial charge >= 0.3 is 0 Å². The fourth-order valence-corrected chi connectivity index (χ4v) is 4.47. The van der Waals surface area contributed by atoms with E-state index in [1.54, 1.807) is 10.7 Å². The lowest BCUT2D eigenvalue weighted by molar-refractivity contribution is 0.128. The van der Waals surface area contributed by atoms with E-state index in [0.717, 1.165) is 44.3 Å². The maximum atomic E-state index is 10.1. The van der Waals surface area contributed by atoms with Crippen LogP contribution in [0, 0.1) is 11.3 Å². The molecular weight excluding hydrogens is 352 g/mol. The molecular formula is C18H23ClN6O. The van der Waals surface area contributed by atoms with Gasteiger partial charge in [0, 0.05) is 12.0 Å². The maximum Gasteiger partial charge on any atom is 0.241 e. The Kier molecular flexibility index (Phi) is 4.51. The maximum absolute atomic E-state index is 10.1. The number of piperidine rings is 1. The van der Waals surface area contributed by atoms with Crippen LogP contribution in [0.5, 0.6) is 0 Å². The molecule has 2 atom stereocenters. The van der Waals surface area contributed by atoms with E-state index in [0.29, 0.717) is 28.6 Å². The molecule has 0 radical (unpaired) electrons. The van der Waals surface area contributed by atoms with Crippen molar-refractivity contribution in [1.29, 1.82) is 5.26 Å². The molecule has 3 heterocycles. The van der Waals surface area contributed by atoms with E-state index in [4.69, 9.17) is 11.6 Å². The number of fused-ring (bicyclic) bond motifs is 1. The highest BCUT2D eigenvalue weighted by Crippen LogP contribution is 2.49. The Morgan fingerprint density at radius 3 is 2.96 bits per heavy atom. The van der Waals surface area contributed by atoms with Crippen LogP contribution in [-0.4, -0.2) is 44.9 Å². The second kappa shape index (κ2) is 6.69. The molecule has 1 aliphatic carbocycles. The Morgan fingerprint density at radius 2 is 2.35 bits per heavy atom. The van der Waals surface area contributed by atoms with Gasteiger partial charge in [0.15, 0.2) is 0 Å². The summed E-state index contributed by atoms with van der Waals surface area (Å²) in [5.74, 6) is 0.450. The van der Waals surface area contributed by atoms with Gasteiger partial charge in [-0.25, -0.2) is 9.50 Å². The first-order chi connectivity index (χ1) is 12.6. The van der Waals surface area contributed by atoms with Gasteiger partial charge in [0.1, 0.15) is 11.6 Å². The van der Waals surface area contributed by atoms with Crippen molar-refractivity contribution in [1.82, 2.24) is 19.9 Å². The number of aliphatic hydroxyl groups excluding tert-OH is 1. The van der Waals surface area contributed by atoms with E-state index in [2.05, 4.69) is 33.7 Å². The normalized spacial score (nSPS) is 24.8. The summed E-state index contributed by atoms with van der Waals surface area (Å²) in [7, 11) is 0. The fraction of sp³-hybridized carbons (Fsp3) is 0.611. The molecule has 2 fully saturated rings. The summed E-state index contributed by atoms with van der Waals surface area (Å²) in [6.45, 7) is 3.55. The number of hydrogen-bond donors (Lipinski definition) is 3. The zero-order valence-electron chi connectivity index (χ0n) is 14.8. The molecule has 7 nitrogen and oxygen atoms in total. The van der Waals surface area contributed by atoms with Gasteiger partial charge in [0.2, 0.25) is 5.95 Å². The Labute approximate surface area is 157 Å². The number of β-amino-alcohol motifs (C(OH)–C–C–N with tert-alkyl or cyclic N) is 1. The summed E-state index contributed by atoms with van der Waals surface area (Å²) in [4.78, 5) is 4.37. The van der Waals surface area contributed by atoms with Crippen LogP contribution in [0.4, 0.5) is 5.95 Å². The van der Waals surface area contributed by atoms with Crippen molar-refractivity contribution in [3.8, 4) is 6.07 Å². The molecule has 0 amide bonds. The van der Waals surface area contributed by atoms with E-state index in [1.165, 1.54) is 0 Å². The molecule has 2 aliphatic rings. The topological polar surface area (TPSA) is 98.3 Å². The summed E-state index contributed by atoms with van der Waals surface area (Å²) < 4.78 is 1.80. The van der Waals surface area contributed by atoms with E-state index < -0.39 is 6.10 Å². The van der Waals surface area contributed by atoms with Crippen molar-refractivity contribution < 1.29 is 5.11 Å². The van der Waals surface area contributed by atoms with Crippen molar-refractivity contribution in [2.45, 2.75) is 56.6 Å². The number of aliphatic hydroxyl groups is 1. The third-order valence-electron chi connectivity index (χ3n) is 5.99. The molecule has 0 spiro atoms. The predicted molar refractivity (Wildman–Crippen MR) is 99.4 cm³/mol. The summed E-state index contributed by atoms with van der Waals surface area (Å²) in [5.41, 5.74) is 2.04. The van der Waals surface area contributed by atoms with Crippen LogP contribution in [0.25, 0.3) is 5.52 Å². The van der Waals surface area contributed by atoms with Gasteiger partial charge in [0.25, 0.3) is 0 Å². The highest BCUT2D eigenvalue weighted by Gasteiger charge is 2.42. The first-order valence-corrected chi connectivity index (χ1v) is 9.60. The van der Waals surface area contributed by atoms with Crippen LogP contribution in [0.15, 0.2) is 6.20 Å². The quantitative estimate of drug-likeness (QED) is 0.759. The van der Waals surface area contributed by atoms with Crippen LogP contribution < -0.4 is 10.6 Å². The van der Waals surface area contributed by atoms with Gasteiger partial charge in [-0.3, -0.25) is 0 Å². The van der Waals surface area contributed by atoms with Gasteiger partial charge in [0.05, 0.1) is 34.6 Å². The average Bonchev–Trinajstić information content (AvgIpc) is 2.89. The Balaban J connectivity index is 1.78. The minimum atomic E-state index is -0.487. The minimum absolute atomic E-state index is 0.0407. The van der Waals surface area contributed by atoms with Crippen molar-refractivity contribution in [2.24, 2.45) is 0 Å². The van der Waals surface area contributed by atoms with E-state index in [9.17, 15) is 10.4 Å². The van der Waals surface area contributed by atoms with Crippen molar-refractivity contribution in [2.75, 3.05) is 18.4 Å². The average molecular weight is 375 g/mol. The van der Waals surface area contributed by atoms with E-state index in [-0.39, 0.29) is 11.5 Å². The largest absolute Gasteiger partial charge is 0.390 e. The van der Waals surface area contributed by atoms with Gasteiger partial charge in [-0.05, 0) is 32.2 Å². The fourth-order valence-electron chi connectivity index (χ4n) is 4.21. The summed E-state index contributed by atoms with van der Waals surface area (Å²) in [5, 5.41) is 31.3. The molecule has 2 unspecified atom stereocenters. The number of hydrogen-bond acceptors (Lipinski definition) is 6. The second-order valence-electron chi connectivity index (χ2n) is 7.33. The minimum Gasteiger partial charge on any atom is -0.390 e. The van der Waals surface area contributed by atoms with Gasteiger partial charge in [-0.1, -0.05) is 24.9 Å². The molecule has 26 heavy (non-hydrogen) atoms. The molecule has 3 N–H and O–H groups in total. The third kappa shape index (κ3) is 2.64. The van der Waals surface area contributed by atoms with E-state index >= 15 is 0 Å². The van der Waals surface area contributed by atoms with Gasteiger partial charge in [-0.2, -0.15) is 5.26 Å². The molecule has 8 heteroatoms. The van der Waals surface area contributed by atoms with Gasteiger partial charge in [-0.15, -0.1) is 5.10 Å². The number of rotatable bonds is 4. The smallest absolute Gasteiger partial charge is 0.241 e. The molecule has 0 bridgehead atoms. The molecule has 1 saturated heterocycles. The lowest BCUT2D eigenvalue weighted by Crippen LogP contribution is -2.48. The zero-order valence-corrected chi connectivity index (χ0v) is 15.6. The number of nitrogens with one attached hydrogen (secondary N) is 2. The Hall–Kier alpha value is -1.88. The van der Waals surface area contributed by atoms with Crippen LogP contribution >= 0.6 is 11.6 Å². The number of nitriles is 1. The standard InChI is InChI=1S/C18H23ClN6O/c1-2-18(5-3-6-18)16-11(8-20)15(19)13-9-22-17(24-25(13)16)23-12-4-7-21-10-14(12)26/h9,12,14,21,26H,2-7,10H2,1H3,(H,23,24). The highest BCUT2D eigenvalue weighted by atomic mass is 35.5. The van der Waals surface area contributed by atoms with Crippen molar-refractivity contribution in [3.05, 3.63) is 22.5 Å². The highest BCUT2D eigenvalue weighted by molar-refractivity contribution is 6.35. The third-order valence-corrected chi connectivity index (χ3v) is 6.37. The zero-order chi connectivity index (χ0) is 18.3. The predicted octanol–water partition coefficient (Wildman–Crippen LogP) is 2.22. The molecule has 4 rings (SSSR count). The first-order valence-electron chi connectivity index (χ1n) is 9.23. The van der Waals surface area contributed by atoms with Gasteiger partial charge < -0.3 is 15.7 Å². The number of aromatic nitrogens is 3. The van der Waals surface area contributed by atoms with Crippen LogP contribution in [-0.2, 0) is 5.41 Å². The molecule has 0 aromatic carbocycles. The Bertz CT molecular complexity index is 863. The second-order valence-corrected chi connectivity index (χ2v) is 7.70. The van der Waals surface area contributed by atoms with Crippen LogP contribution in [0.3, 0.4) is 0 Å². The number of halogens is 1. The summed E-state index contributed by atoms with van der Waals surface area (Å²) in [6.07, 6.45) is 6.16. The Morgan fingerprint density at radius 1 is 1.54 bits per heavy atom. The monoisotopic (exact) mass is 374 g/mol. The summed E-state index contributed by atoms with van der Waals surface area (Å²) >= 11 is 6.48. The molecule has 2 aromatic heterocycles. The lowest BCUT2D eigenvalue weighted by atomic mass is 9.64. The lowest BCUT2D eigenvalue weighted by Gasteiger charge is -2.41. The SMILES string of the molecule is CCC1(c2c(C#N)c(Cl)c3cnc(NC4CCNCC4O)nn23)CCC1. The van der Waals surface area contributed by atoms with Crippen molar-refractivity contribution >= 4 is 23.1 Å². The van der Waals surface area contributed by atoms with Crippen LogP contribution in [0.1, 0.15) is 50.3 Å². The van der Waals surface area contributed by atoms with Crippen molar-refractivity contribution in [3.63, 3.8) is 0 Å².